The van der Waals surface area contributed by atoms with Gasteiger partial charge in [-0.3, -0.25) is 10.1 Å². The van der Waals surface area contributed by atoms with Crippen LogP contribution >= 0.6 is 0 Å². The lowest BCUT2D eigenvalue weighted by molar-refractivity contribution is -0.384. The molecular formula is C13H19N3O3. The second kappa shape index (κ2) is 5.88. The number of ether oxygens (including phenoxy) is 1. The smallest absolute Gasteiger partial charge is 0.296 e. The van der Waals surface area contributed by atoms with Crippen LogP contribution in [-0.4, -0.2) is 43.6 Å². The van der Waals surface area contributed by atoms with Crippen molar-refractivity contribution in [2.24, 2.45) is 5.92 Å². The Morgan fingerprint density at radius 3 is 2.95 bits per heavy atom. The predicted molar refractivity (Wildman–Crippen MR) is 73.7 cm³/mol. The zero-order valence-corrected chi connectivity index (χ0v) is 11.3. The molecule has 0 spiro atoms. The predicted octanol–water partition coefficient (Wildman–Crippen LogP) is 1.97. The fourth-order valence-electron chi connectivity index (χ4n) is 2.39. The molecule has 0 aromatic heterocycles. The van der Waals surface area contributed by atoms with Gasteiger partial charge in [0.2, 0.25) is 0 Å². The summed E-state index contributed by atoms with van der Waals surface area (Å²) in [6.07, 6.45) is 1.13. The van der Waals surface area contributed by atoms with E-state index in [-0.39, 0.29) is 10.6 Å². The van der Waals surface area contributed by atoms with E-state index in [0.29, 0.717) is 17.4 Å². The van der Waals surface area contributed by atoms with Crippen molar-refractivity contribution in [2.75, 3.05) is 39.1 Å². The average molecular weight is 265 g/mol. The van der Waals surface area contributed by atoms with Gasteiger partial charge in [0.1, 0.15) is 11.4 Å². The lowest BCUT2D eigenvalue weighted by Gasteiger charge is -2.13. The van der Waals surface area contributed by atoms with Crippen molar-refractivity contribution >= 4 is 11.4 Å². The van der Waals surface area contributed by atoms with Gasteiger partial charge in [-0.1, -0.05) is 0 Å². The molecule has 0 radical (unpaired) electrons. The summed E-state index contributed by atoms with van der Waals surface area (Å²) in [6, 6.07) is 4.88. The summed E-state index contributed by atoms with van der Waals surface area (Å²) in [7, 11) is 3.59. The standard InChI is InChI=1S/C13H19N3O3/c1-15-6-5-10(9-15)8-14-12-4-3-11(19-2)7-13(12)16(17)18/h3-4,7,10,14H,5-6,8-9H2,1-2H3. The van der Waals surface area contributed by atoms with E-state index in [9.17, 15) is 10.1 Å². The highest BCUT2D eigenvalue weighted by molar-refractivity contribution is 5.63. The number of nitrogens with zero attached hydrogens (tertiary/aromatic N) is 2. The van der Waals surface area contributed by atoms with Crippen molar-refractivity contribution in [1.82, 2.24) is 4.90 Å². The Bertz CT molecular complexity index is 464. The topological polar surface area (TPSA) is 67.6 Å². The highest BCUT2D eigenvalue weighted by Gasteiger charge is 2.21. The van der Waals surface area contributed by atoms with Gasteiger partial charge in [-0.15, -0.1) is 0 Å². The minimum Gasteiger partial charge on any atom is -0.496 e. The summed E-state index contributed by atoms with van der Waals surface area (Å²) in [5, 5.41) is 14.2. The molecule has 2 rings (SSSR count). The highest BCUT2D eigenvalue weighted by atomic mass is 16.6. The Balaban J connectivity index is 2.04. The first-order valence-corrected chi connectivity index (χ1v) is 6.35. The molecule has 6 nitrogen and oxygen atoms in total. The molecule has 1 aromatic carbocycles. The highest BCUT2D eigenvalue weighted by Crippen LogP contribution is 2.29. The fraction of sp³-hybridized carbons (Fsp3) is 0.538. The van der Waals surface area contributed by atoms with Crippen LogP contribution in [0.15, 0.2) is 18.2 Å². The van der Waals surface area contributed by atoms with Crippen molar-refractivity contribution in [3.63, 3.8) is 0 Å². The molecule has 104 valence electrons. The van der Waals surface area contributed by atoms with Gasteiger partial charge in [-0.2, -0.15) is 0 Å². The molecule has 1 heterocycles. The van der Waals surface area contributed by atoms with Crippen LogP contribution in [0.1, 0.15) is 6.42 Å². The number of likely N-dealkylation sites (tertiary alicyclic amines) is 1. The van der Waals surface area contributed by atoms with Gasteiger partial charge < -0.3 is 15.0 Å². The molecule has 0 bridgehead atoms. The van der Waals surface area contributed by atoms with Crippen molar-refractivity contribution < 1.29 is 9.66 Å². The molecule has 1 aliphatic heterocycles. The molecule has 1 aromatic rings. The van der Waals surface area contributed by atoms with Gasteiger partial charge in [-0.05, 0) is 38.1 Å². The second-order valence-corrected chi connectivity index (χ2v) is 4.94. The van der Waals surface area contributed by atoms with Crippen molar-refractivity contribution in [3.05, 3.63) is 28.3 Å². The van der Waals surface area contributed by atoms with Gasteiger partial charge in [0, 0.05) is 13.1 Å². The number of rotatable bonds is 5. The van der Waals surface area contributed by atoms with Crippen LogP contribution in [0.4, 0.5) is 11.4 Å². The van der Waals surface area contributed by atoms with Crippen molar-refractivity contribution in [3.8, 4) is 5.75 Å². The molecule has 1 N–H and O–H groups in total. The summed E-state index contributed by atoms with van der Waals surface area (Å²) in [6.45, 7) is 2.89. The Labute approximate surface area is 112 Å². The zero-order chi connectivity index (χ0) is 13.8. The van der Waals surface area contributed by atoms with Crippen LogP contribution < -0.4 is 10.1 Å². The number of nitrogens with one attached hydrogen (secondary N) is 1. The Morgan fingerprint density at radius 1 is 1.58 bits per heavy atom. The minimum atomic E-state index is -0.383. The number of hydrogen-bond donors (Lipinski definition) is 1. The number of anilines is 1. The number of hydrogen-bond acceptors (Lipinski definition) is 5. The molecule has 1 fully saturated rings. The van der Waals surface area contributed by atoms with E-state index >= 15 is 0 Å². The SMILES string of the molecule is COc1ccc(NCC2CCN(C)C2)c([N+](=O)[O-])c1. The molecule has 0 aliphatic carbocycles. The monoisotopic (exact) mass is 265 g/mol. The van der Waals surface area contributed by atoms with E-state index < -0.39 is 0 Å². The number of nitro groups is 1. The molecule has 1 saturated heterocycles. The second-order valence-electron chi connectivity index (χ2n) is 4.94. The van der Waals surface area contributed by atoms with Crippen LogP contribution in [0.2, 0.25) is 0 Å². The summed E-state index contributed by atoms with van der Waals surface area (Å²) in [5.74, 6) is 1.05. The maximum Gasteiger partial charge on any atom is 0.296 e. The quantitative estimate of drug-likeness (QED) is 0.651. The van der Waals surface area contributed by atoms with Crippen LogP contribution in [0, 0.1) is 16.0 Å². The third-order valence-electron chi connectivity index (χ3n) is 3.47. The first kappa shape index (κ1) is 13.6. The van der Waals surface area contributed by atoms with E-state index in [1.807, 2.05) is 0 Å². The molecule has 1 aliphatic rings. The summed E-state index contributed by atoms with van der Waals surface area (Å²) in [4.78, 5) is 12.9. The molecule has 6 heteroatoms. The number of nitro benzene ring substituents is 1. The molecule has 19 heavy (non-hydrogen) atoms. The first-order chi connectivity index (χ1) is 9.10. The molecule has 1 atom stereocenters. The van der Waals surface area contributed by atoms with Gasteiger partial charge in [0.05, 0.1) is 18.1 Å². The van der Waals surface area contributed by atoms with Gasteiger partial charge in [0.15, 0.2) is 0 Å². The molecule has 0 saturated carbocycles. The summed E-state index contributed by atoms with van der Waals surface area (Å²) in [5.41, 5.74) is 0.617. The van der Waals surface area contributed by atoms with Crippen LogP contribution in [0.3, 0.4) is 0 Å². The van der Waals surface area contributed by atoms with Crippen molar-refractivity contribution in [1.29, 1.82) is 0 Å². The fourth-order valence-corrected chi connectivity index (χ4v) is 2.39. The van der Waals surface area contributed by atoms with Gasteiger partial charge in [-0.25, -0.2) is 0 Å². The zero-order valence-electron chi connectivity index (χ0n) is 11.3. The van der Waals surface area contributed by atoms with Gasteiger partial charge >= 0.3 is 0 Å². The average Bonchev–Trinajstić information content (AvgIpc) is 2.82. The van der Waals surface area contributed by atoms with Gasteiger partial charge in [0.25, 0.3) is 5.69 Å². The maximum absolute atomic E-state index is 11.0. The summed E-state index contributed by atoms with van der Waals surface area (Å²) < 4.78 is 5.01. The van der Waals surface area contributed by atoms with E-state index in [4.69, 9.17) is 4.74 Å². The third-order valence-corrected chi connectivity index (χ3v) is 3.47. The third kappa shape index (κ3) is 3.35. The number of benzene rings is 1. The number of methoxy groups -OCH3 is 1. The Hall–Kier alpha value is -1.82. The molecule has 0 amide bonds. The Kier molecular flexibility index (Phi) is 4.21. The normalized spacial score (nSPS) is 19.4. The first-order valence-electron chi connectivity index (χ1n) is 6.35. The summed E-state index contributed by atoms with van der Waals surface area (Å²) >= 11 is 0. The van der Waals surface area contributed by atoms with Crippen molar-refractivity contribution in [2.45, 2.75) is 6.42 Å². The maximum atomic E-state index is 11.0. The van der Waals surface area contributed by atoms with Crippen LogP contribution in [-0.2, 0) is 0 Å². The van der Waals surface area contributed by atoms with E-state index in [1.54, 1.807) is 12.1 Å². The van der Waals surface area contributed by atoms with E-state index in [1.165, 1.54) is 13.2 Å². The molecular weight excluding hydrogens is 246 g/mol. The largest absolute Gasteiger partial charge is 0.496 e. The minimum absolute atomic E-state index is 0.0608. The lowest BCUT2D eigenvalue weighted by atomic mass is 10.1. The molecule has 1 unspecified atom stereocenters. The van der Waals surface area contributed by atoms with E-state index in [0.717, 1.165) is 26.1 Å². The van der Waals surface area contributed by atoms with E-state index in [2.05, 4.69) is 17.3 Å². The van der Waals surface area contributed by atoms with Crippen LogP contribution in [0.5, 0.6) is 5.75 Å². The Morgan fingerprint density at radius 2 is 2.37 bits per heavy atom. The lowest BCUT2D eigenvalue weighted by Crippen LogP contribution is -2.19. The van der Waals surface area contributed by atoms with Crippen LogP contribution in [0.25, 0.3) is 0 Å².